The molecular weight excluding hydrogens is 378 g/mol. The molecule has 1 fully saturated rings. The minimum atomic E-state index is 0.217. The van der Waals surface area contributed by atoms with Crippen LogP contribution < -0.4 is 19.1 Å². The first-order valence-electron chi connectivity index (χ1n) is 10.4. The zero-order valence-electron chi connectivity index (χ0n) is 18.1. The third-order valence-electron chi connectivity index (χ3n) is 6.53. The number of hydrogen-bond acceptors (Lipinski definition) is 6. The molecule has 3 aromatic rings. The van der Waals surface area contributed by atoms with E-state index >= 15 is 0 Å². The predicted molar refractivity (Wildman–Crippen MR) is 119 cm³/mol. The number of piperidine rings is 1. The van der Waals surface area contributed by atoms with Crippen LogP contribution in [-0.2, 0) is 5.41 Å². The first-order valence-corrected chi connectivity index (χ1v) is 10.4. The molecule has 6 heteroatoms. The van der Waals surface area contributed by atoms with Gasteiger partial charge < -0.3 is 19.1 Å². The van der Waals surface area contributed by atoms with Crippen molar-refractivity contribution in [3.63, 3.8) is 0 Å². The maximum atomic E-state index is 5.65. The van der Waals surface area contributed by atoms with Crippen LogP contribution >= 0.6 is 0 Å². The minimum absolute atomic E-state index is 0.217. The Labute approximate surface area is 177 Å². The fourth-order valence-electron chi connectivity index (χ4n) is 4.71. The van der Waals surface area contributed by atoms with Gasteiger partial charge in [-0.15, -0.1) is 5.10 Å². The molecule has 0 radical (unpaired) electrons. The Morgan fingerprint density at radius 3 is 2.23 bits per heavy atom. The molecular formula is C24H29N3O3. The maximum absolute atomic E-state index is 5.65. The van der Waals surface area contributed by atoms with Crippen LogP contribution in [0, 0.1) is 0 Å². The Morgan fingerprint density at radius 2 is 1.63 bits per heavy atom. The lowest BCUT2D eigenvalue weighted by Crippen LogP contribution is -2.42. The highest BCUT2D eigenvalue weighted by atomic mass is 16.5. The third-order valence-corrected chi connectivity index (χ3v) is 6.53. The number of rotatable bonds is 6. The largest absolute Gasteiger partial charge is 0.493 e. The number of anilines is 1. The van der Waals surface area contributed by atoms with Gasteiger partial charge in [0.25, 0.3) is 0 Å². The first-order chi connectivity index (χ1) is 14.7. The third kappa shape index (κ3) is 3.30. The number of hydrogen-bond donors (Lipinski definition) is 0. The van der Waals surface area contributed by atoms with Gasteiger partial charge in [0.1, 0.15) is 0 Å². The van der Waals surface area contributed by atoms with Gasteiger partial charge in [0.15, 0.2) is 17.3 Å². The molecule has 2 heterocycles. The summed E-state index contributed by atoms with van der Waals surface area (Å²) in [5.74, 6) is 2.68. The average molecular weight is 408 g/mol. The van der Waals surface area contributed by atoms with Gasteiger partial charge in [0.05, 0.1) is 32.9 Å². The molecule has 30 heavy (non-hydrogen) atoms. The van der Waals surface area contributed by atoms with Crippen molar-refractivity contribution in [2.24, 2.45) is 0 Å². The molecule has 6 nitrogen and oxygen atoms in total. The zero-order valence-corrected chi connectivity index (χ0v) is 18.1. The normalized spacial score (nSPS) is 15.8. The number of aromatic nitrogens is 2. The Kier molecular flexibility index (Phi) is 5.66. The molecule has 1 saturated heterocycles. The van der Waals surface area contributed by atoms with Crippen molar-refractivity contribution in [3.8, 4) is 17.2 Å². The molecule has 1 aliphatic rings. The standard InChI is InChI=1S/C24H29N3O3/c1-5-24(17-9-7-6-8-10-17)11-13-27(14-12-24)23-18-15-20(28-2)22(30-4)21(29-3)19(18)16-25-26-23/h6-10,15-16H,5,11-14H2,1-4H3. The van der Waals surface area contributed by atoms with Gasteiger partial charge in [0.2, 0.25) is 5.75 Å². The van der Waals surface area contributed by atoms with Gasteiger partial charge in [-0.05, 0) is 36.3 Å². The van der Waals surface area contributed by atoms with Crippen molar-refractivity contribution in [3.05, 3.63) is 48.2 Å². The van der Waals surface area contributed by atoms with Crippen LogP contribution in [0.25, 0.3) is 10.8 Å². The van der Waals surface area contributed by atoms with E-state index in [0.29, 0.717) is 17.2 Å². The Balaban J connectivity index is 1.71. The molecule has 0 aliphatic carbocycles. The van der Waals surface area contributed by atoms with Crippen LogP contribution in [0.1, 0.15) is 31.7 Å². The van der Waals surface area contributed by atoms with Gasteiger partial charge in [-0.1, -0.05) is 37.3 Å². The van der Waals surface area contributed by atoms with E-state index in [9.17, 15) is 0 Å². The van der Waals surface area contributed by atoms with Gasteiger partial charge >= 0.3 is 0 Å². The minimum Gasteiger partial charge on any atom is -0.493 e. The van der Waals surface area contributed by atoms with Gasteiger partial charge in [-0.2, -0.15) is 5.10 Å². The summed E-state index contributed by atoms with van der Waals surface area (Å²) in [6.07, 6.45) is 5.01. The van der Waals surface area contributed by atoms with Gasteiger partial charge in [0, 0.05) is 18.5 Å². The van der Waals surface area contributed by atoms with Crippen LogP contribution in [0.15, 0.2) is 42.6 Å². The smallest absolute Gasteiger partial charge is 0.204 e. The highest BCUT2D eigenvalue weighted by Gasteiger charge is 2.35. The molecule has 0 saturated carbocycles. The van der Waals surface area contributed by atoms with Crippen LogP contribution in [0.5, 0.6) is 17.2 Å². The summed E-state index contributed by atoms with van der Waals surface area (Å²) in [7, 11) is 4.88. The van der Waals surface area contributed by atoms with E-state index in [1.165, 1.54) is 5.56 Å². The fourth-order valence-corrected chi connectivity index (χ4v) is 4.71. The molecule has 4 rings (SSSR count). The van der Waals surface area contributed by atoms with Crippen molar-refractivity contribution in [1.82, 2.24) is 10.2 Å². The summed E-state index contributed by atoms with van der Waals surface area (Å²) in [5, 5.41) is 10.6. The fraction of sp³-hybridized carbons (Fsp3) is 0.417. The number of ether oxygens (including phenoxy) is 3. The monoisotopic (exact) mass is 407 g/mol. The summed E-state index contributed by atoms with van der Waals surface area (Å²) in [5.41, 5.74) is 1.65. The topological polar surface area (TPSA) is 56.7 Å². The summed E-state index contributed by atoms with van der Waals surface area (Å²) < 4.78 is 16.7. The molecule has 2 aromatic carbocycles. The summed E-state index contributed by atoms with van der Waals surface area (Å²) >= 11 is 0. The van der Waals surface area contributed by atoms with Crippen molar-refractivity contribution in [2.75, 3.05) is 39.3 Å². The number of fused-ring (bicyclic) bond motifs is 1. The van der Waals surface area contributed by atoms with E-state index in [-0.39, 0.29) is 5.41 Å². The van der Waals surface area contributed by atoms with Gasteiger partial charge in [-0.25, -0.2) is 0 Å². The van der Waals surface area contributed by atoms with Crippen LogP contribution in [0.2, 0.25) is 0 Å². The number of benzene rings is 2. The van der Waals surface area contributed by atoms with E-state index in [1.807, 2.05) is 6.07 Å². The molecule has 0 N–H and O–H groups in total. The molecule has 1 aromatic heterocycles. The summed E-state index contributed by atoms with van der Waals surface area (Å²) in [6, 6.07) is 12.9. The zero-order chi connectivity index (χ0) is 21.1. The summed E-state index contributed by atoms with van der Waals surface area (Å²) in [6.45, 7) is 4.14. The number of methoxy groups -OCH3 is 3. The lowest BCUT2D eigenvalue weighted by atomic mass is 9.71. The van der Waals surface area contributed by atoms with Crippen LogP contribution in [0.3, 0.4) is 0 Å². The van der Waals surface area contributed by atoms with Gasteiger partial charge in [-0.3, -0.25) is 0 Å². The van der Waals surface area contributed by atoms with Crippen LogP contribution in [-0.4, -0.2) is 44.6 Å². The quantitative estimate of drug-likeness (QED) is 0.595. The Hall–Kier alpha value is -3.02. The van der Waals surface area contributed by atoms with Crippen molar-refractivity contribution < 1.29 is 14.2 Å². The lowest BCUT2D eigenvalue weighted by molar-refractivity contribution is 0.319. The second kappa shape index (κ2) is 8.38. The molecule has 0 atom stereocenters. The Bertz CT molecular complexity index is 1020. The van der Waals surface area contributed by atoms with E-state index in [2.05, 4.69) is 52.4 Å². The first kappa shape index (κ1) is 20.3. The Morgan fingerprint density at radius 1 is 0.933 bits per heavy atom. The van der Waals surface area contributed by atoms with Crippen molar-refractivity contribution in [2.45, 2.75) is 31.6 Å². The molecule has 1 aliphatic heterocycles. The molecule has 0 bridgehead atoms. The molecule has 158 valence electrons. The average Bonchev–Trinajstić information content (AvgIpc) is 2.82. The van der Waals surface area contributed by atoms with Crippen molar-refractivity contribution >= 4 is 16.6 Å². The molecule has 0 unspecified atom stereocenters. The van der Waals surface area contributed by atoms with Crippen molar-refractivity contribution in [1.29, 1.82) is 0 Å². The highest BCUT2D eigenvalue weighted by molar-refractivity contribution is 5.99. The highest BCUT2D eigenvalue weighted by Crippen LogP contribution is 2.46. The van der Waals surface area contributed by atoms with E-state index in [1.54, 1.807) is 27.5 Å². The second-order valence-corrected chi connectivity index (χ2v) is 7.76. The molecule has 0 spiro atoms. The van der Waals surface area contributed by atoms with E-state index < -0.39 is 0 Å². The molecule has 0 amide bonds. The predicted octanol–water partition coefficient (Wildman–Crippen LogP) is 4.60. The maximum Gasteiger partial charge on any atom is 0.204 e. The van der Waals surface area contributed by atoms with E-state index in [0.717, 1.165) is 48.9 Å². The summed E-state index contributed by atoms with van der Waals surface area (Å²) in [4.78, 5) is 2.33. The number of nitrogens with zero attached hydrogens (tertiary/aromatic N) is 3. The lowest BCUT2D eigenvalue weighted by Gasteiger charge is -2.42. The van der Waals surface area contributed by atoms with Crippen LogP contribution in [0.4, 0.5) is 5.82 Å². The van der Waals surface area contributed by atoms with E-state index in [4.69, 9.17) is 14.2 Å². The SMILES string of the molecule is CCC1(c2ccccc2)CCN(c2nncc3c(OC)c(OC)c(OC)cc23)CC1. The second-order valence-electron chi connectivity index (χ2n) is 7.76.